The van der Waals surface area contributed by atoms with E-state index in [4.69, 9.17) is 4.74 Å². The van der Waals surface area contributed by atoms with Gasteiger partial charge in [-0.3, -0.25) is 4.79 Å². The maximum atomic E-state index is 13.1. The molecule has 0 saturated heterocycles. The fourth-order valence-electron chi connectivity index (χ4n) is 1.17. The molecule has 76 valence electrons. The lowest BCUT2D eigenvalue weighted by atomic mass is 10.1. The molecule has 0 spiro atoms. The highest BCUT2D eigenvalue weighted by Crippen LogP contribution is 2.09. The van der Waals surface area contributed by atoms with Gasteiger partial charge < -0.3 is 4.74 Å². The zero-order chi connectivity index (χ0) is 10.4. The molecule has 0 atom stereocenters. The summed E-state index contributed by atoms with van der Waals surface area (Å²) in [6.07, 6.45) is 0.625. The fraction of sp³-hybridized carbons (Fsp3) is 0.364. The van der Waals surface area contributed by atoms with Gasteiger partial charge in [-0.05, 0) is 25.0 Å². The van der Waals surface area contributed by atoms with Gasteiger partial charge in [0.1, 0.15) is 5.82 Å². The number of carbonyl (C=O) groups excluding carboxylic acids is 1. The number of ether oxygens (including phenoxy) is 1. The molecule has 0 aliphatic carbocycles. The minimum atomic E-state index is -0.282. The molecule has 0 unspecified atom stereocenters. The molecule has 0 aliphatic rings. The van der Waals surface area contributed by atoms with Crippen LogP contribution in [0.1, 0.15) is 18.9 Å². The minimum Gasteiger partial charge on any atom is -0.466 e. The Labute approximate surface area is 82.7 Å². The average Bonchev–Trinajstić information content (AvgIpc) is 2.17. The van der Waals surface area contributed by atoms with Gasteiger partial charge in [-0.15, -0.1) is 0 Å². The number of hydrogen-bond acceptors (Lipinski definition) is 2. The van der Waals surface area contributed by atoms with Crippen LogP contribution in [0.3, 0.4) is 0 Å². The van der Waals surface area contributed by atoms with Gasteiger partial charge in [0, 0.05) is 6.42 Å². The normalized spacial score (nSPS) is 9.86. The summed E-state index contributed by atoms with van der Waals surface area (Å²) in [5.74, 6) is -0.549. The lowest BCUT2D eigenvalue weighted by Gasteiger charge is -2.02. The standard InChI is InChI=1S/C11H13FO2/c1-2-14-11(13)8-7-9-5-3-4-6-10(9)12/h3-6H,2,7-8H2,1H3. The third kappa shape index (κ3) is 3.17. The van der Waals surface area contributed by atoms with E-state index < -0.39 is 0 Å². The molecule has 0 bridgehead atoms. The third-order valence-corrected chi connectivity index (χ3v) is 1.86. The van der Waals surface area contributed by atoms with Gasteiger partial charge in [-0.2, -0.15) is 0 Å². The molecule has 14 heavy (non-hydrogen) atoms. The number of esters is 1. The van der Waals surface area contributed by atoms with Crippen LogP contribution in [0, 0.1) is 5.82 Å². The Morgan fingerprint density at radius 1 is 1.43 bits per heavy atom. The van der Waals surface area contributed by atoms with Gasteiger partial charge in [0.2, 0.25) is 0 Å². The predicted octanol–water partition coefficient (Wildman–Crippen LogP) is 2.32. The van der Waals surface area contributed by atoms with Crippen molar-refractivity contribution in [2.75, 3.05) is 6.61 Å². The SMILES string of the molecule is CCOC(=O)CCc1ccccc1F. The summed E-state index contributed by atoms with van der Waals surface area (Å²) in [6, 6.07) is 6.45. The molecule has 0 fully saturated rings. The van der Waals surface area contributed by atoms with Crippen LogP contribution in [-0.2, 0) is 16.0 Å². The molecule has 0 amide bonds. The van der Waals surface area contributed by atoms with E-state index in [1.807, 2.05) is 0 Å². The Kier molecular flexibility index (Phi) is 4.11. The molecule has 0 aromatic heterocycles. The zero-order valence-electron chi connectivity index (χ0n) is 8.13. The van der Waals surface area contributed by atoms with E-state index in [9.17, 15) is 9.18 Å². The van der Waals surface area contributed by atoms with Gasteiger partial charge in [0.05, 0.1) is 6.61 Å². The van der Waals surface area contributed by atoms with Gasteiger partial charge in [0.25, 0.3) is 0 Å². The van der Waals surface area contributed by atoms with Crippen LogP contribution in [0.25, 0.3) is 0 Å². The molecular weight excluding hydrogens is 183 g/mol. The number of hydrogen-bond donors (Lipinski definition) is 0. The summed E-state index contributed by atoms with van der Waals surface area (Å²) in [4.78, 5) is 11.0. The van der Waals surface area contributed by atoms with E-state index in [2.05, 4.69) is 0 Å². The third-order valence-electron chi connectivity index (χ3n) is 1.86. The predicted molar refractivity (Wildman–Crippen MR) is 51.4 cm³/mol. The van der Waals surface area contributed by atoms with Gasteiger partial charge in [-0.1, -0.05) is 18.2 Å². The molecular formula is C11H13FO2. The molecule has 1 rings (SSSR count). The van der Waals surface area contributed by atoms with Crippen LogP contribution in [0.2, 0.25) is 0 Å². The van der Waals surface area contributed by atoms with Crippen molar-refractivity contribution >= 4 is 5.97 Å². The van der Waals surface area contributed by atoms with Gasteiger partial charge in [0.15, 0.2) is 0 Å². The zero-order valence-corrected chi connectivity index (χ0v) is 8.13. The van der Waals surface area contributed by atoms with Crippen LogP contribution in [0.5, 0.6) is 0 Å². The quantitative estimate of drug-likeness (QED) is 0.691. The summed E-state index contributed by atoms with van der Waals surface area (Å²) < 4.78 is 17.8. The molecule has 3 heteroatoms. The lowest BCUT2D eigenvalue weighted by Crippen LogP contribution is -2.05. The molecule has 2 nitrogen and oxygen atoms in total. The summed E-state index contributed by atoms with van der Waals surface area (Å²) in [6.45, 7) is 2.12. The van der Waals surface area contributed by atoms with Crippen LogP contribution in [0.4, 0.5) is 4.39 Å². The van der Waals surface area contributed by atoms with Gasteiger partial charge in [-0.25, -0.2) is 4.39 Å². The molecule has 0 aliphatic heterocycles. The van der Waals surface area contributed by atoms with E-state index >= 15 is 0 Å². The van der Waals surface area contributed by atoms with Crippen molar-refractivity contribution < 1.29 is 13.9 Å². The highest BCUT2D eigenvalue weighted by molar-refractivity contribution is 5.69. The van der Waals surface area contributed by atoms with Gasteiger partial charge >= 0.3 is 5.97 Å². The van der Waals surface area contributed by atoms with Crippen molar-refractivity contribution in [3.8, 4) is 0 Å². The van der Waals surface area contributed by atoms with Crippen LogP contribution < -0.4 is 0 Å². The maximum Gasteiger partial charge on any atom is 0.306 e. The Morgan fingerprint density at radius 3 is 2.79 bits per heavy atom. The van der Waals surface area contributed by atoms with Crippen LogP contribution >= 0.6 is 0 Å². The molecule has 0 radical (unpaired) electrons. The highest BCUT2D eigenvalue weighted by atomic mass is 19.1. The Balaban J connectivity index is 2.46. The first-order valence-corrected chi connectivity index (χ1v) is 4.63. The fourth-order valence-corrected chi connectivity index (χ4v) is 1.17. The first kappa shape index (κ1) is 10.7. The Hall–Kier alpha value is -1.38. The topological polar surface area (TPSA) is 26.3 Å². The molecule has 0 heterocycles. The summed E-state index contributed by atoms with van der Waals surface area (Å²) in [7, 11) is 0. The molecule has 1 aromatic rings. The maximum absolute atomic E-state index is 13.1. The van der Waals surface area contributed by atoms with Crippen molar-refractivity contribution in [3.05, 3.63) is 35.6 Å². The van der Waals surface area contributed by atoms with Crippen LogP contribution in [0.15, 0.2) is 24.3 Å². The number of benzene rings is 1. The number of rotatable bonds is 4. The summed E-state index contributed by atoms with van der Waals surface area (Å²) in [5.41, 5.74) is 0.556. The van der Waals surface area contributed by atoms with E-state index in [0.29, 0.717) is 18.6 Å². The van der Waals surface area contributed by atoms with Crippen LogP contribution in [-0.4, -0.2) is 12.6 Å². The number of halogens is 1. The molecule has 0 N–H and O–H groups in total. The van der Waals surface area contributed by atoms with E-state index in [-0.39, 0.29) is 18.2 Å². The second-order valence-electron chi connectivity index (χ2n) is 2.90. The first-order valence-electron chi connectivity index (χ1n) is 4.63. The van der Waals surface area contributed by atoms with Crippen molar-refractivity contribution in [2.45, 2.75) is 19.8 Å². The van der Waals surface area contributed by atoms with Crippen molar-refractivity contribution in [1.82, 2.24) is 0 Å². The second-order valence-corrected chi connectivity index (χ2v) is 2.90. The first-order chi connectivity index (χ1) is 6.74. The number of carbonyl (C=O) groups is 1. The largest absolute Gasteiger partial charge is 0.466 e. The summed E-state index contributed by atoms with van der Waals surface area (Å²) in [5, 5.41) is 0. The molecule has 0 saturated carbocycles. The van der Waals surface area contributed by atoms with Crippen molar-refractivity contribution in [1.29, 1.82) is 0 Å². The van der Waals surface area contributed by atoms with E-state index in [0.717, 1.165) is 0 Å². The van der Waals surface area contributed by atoms with E-state index in [1.54, 1.807) is 25.1 Å². The van der Waals surface area contributed by atoms with Crippen molar-refractivity contribution in [3.63, 3.8) is 0 Å². The van der Waals surface area contributed by atoms with Crippen molar-refractivity contribution in [2.24, 2.45) is 0 Å². The lowest BCUT2D eigenvalue weighted by molar-refractivity contribution is -0.143. The Bertz CT molecular complexity index is 310. The summed E-state index contributed by atoms with van der Waals surface area (Å²) >= 11 is 0. The smallest absolute Gasteiger partial charge is 0.306 e. The molecule has 1 aromatic carbocycles. The highest BCUT2D eigenvalue weighted by Gasteiger charge is 2.05. The number of aryl methyl sites for hydroxylation is 1. The average molecular weight is 196 g/mol. The minimum absolute atomic E-state index is 0.231. The second kappa shape index (κ2) is 5.37. The van der Waals surface area contributed by atoms with E-state index in [1.165, 1.54) is 6.07 Å². The monoisotopic (exact) mass is 196 g/mol. The Morgan fingerprint density at radius 2 is 2.14 bits per heavy atom.